The third-order valence-electron chi connectivity index (χ3n) is 4.04. The molecule has 3 N–H and O–H groups in total. The minimum absolute atomic E-state index is 0.103. The van der Waals surface area contributed by atoms with E-state index in [9.17, 15) is 4.39 Å². The molecule has 1 saturated heterocycles. The SMILES string of the molecule is CN1CCC(CN(C)c2ccc(C(=N)N)cc2F)CC1. The number of nitrogens with zero attached hydrogens (tertiary/aromatic N) is 2. The van der Waals surface area contributed by atoms with Crippen molar-refractivity contribution >= 4 is 11.5 Å². The predicted molar refractivity (Wildman–Crippen MR) is 80.9 cm³/mol. The fraction of sp³-hybridized carbons (Fsp3) is 0.533. The first-order chi connectivity index (χ1) is 9.47. The number of benzene rings is 1. The monoisotopic (exact) mass is 278 g/mol. The molecule has 0 amide bonds. The van der Waals surface area contributed by atoms with E-state index >= 15 is 0 Å². The average molecular weight is 278 g/mol. The van der Waals surface area contributed by atoms with Crippen molar-refractivity contribution in [3.63, 3.8) is 0 Å². The van der Waals surface area contributed by atoms with E-state index in [-0.39, 0.29) is 11.7 Å². The van der Waals surface area contributed by atoms with Crippen LogP contribution in [0.3, 0.4) is 0 Å². The Morgan fingerprint density at radius 1 is 1.45 bits per heavy atom. The standard InChI is InChI=1S/C15H23FN4/c1-19-7-5-11(6-8-19)10-20(2)14-4-3-12(15(17)18)9-13(14)16/h3-4,9,11H,5-8,10H2,1-2H3,(H3,17,18). The Morgan fingerprint density at radius 2 is 2.10 bits per heavy atom. The molecule has 0 aliphatic carbocycles. The van der Waals surface area contributed by atoms with Gasteiger partial charge >= 0.3 is 0 Å². The van der Waals surface area contributed by atoms with Gasteiger partial charge in [0.25, 0.3) is 0 Å². The van der Waals surface area contributed by atoms with Crippen molar-refractivity contribution < 1.29 is 4.39 Å². The Kier molecular flexibility index (Phi) is 4.60. The van der Waals surface area contributed by atoms with Gasteiger partial charge in [-0.05, 0) is 57.1 Å². The fourth-order valence-corrected chi connectivity index (χ4v) is 2.71. The summed E-state index contributed by atoms with van der Waals surface area (Å²) in [5.41, 5.74) is 6.38. The molecular formula is C15H23FN4. The van der Waals surface area contributed by atoms with E-state index in [2.05, 4.69) is 11.9 Å². The van der Waals surface area contributed by atoms with Gasteiger partial charge in [0.2, 0.25) is 0 Å². The molecule has 4 nitrogen and oxygen atoms in total. The van der Waals surface area contributed by atoms with Crippen molar-refractivity contribution in [3.05, 3.63) is 29.6 Å². The van der Waals surface area contributed by atoms with Crippen molar-refractivity contribution in [2.24, 2.45) is 11.7 Å². The fourth-order valence-electron chi connectivity index (χ4n) is 2.71. The van der Waals surface area contributed by atoms with Gasteiger partial charge < -0.3 is 15.5 Å². The lowest BCUT2D eigenvalue weighted by atomic mass is 9.96. The molecule has 110 valence electrons. The van der Waals surface area contributed by atoms with Crippen LogP contribution in [0, 0.1) is 17.1 Å². The minimum Gasteiger partial charge on any atom is -0.384 e. The Hall–Kier alpha value is -1.62. The van der Waals surface area contributed by atoms with Crippen LogP contribution in [-0.2, 0) is 0 Å². The number of amidine groups is 1. The lowest BCUT2D eigenvalue weighted by molar-refractivity contribution is 0.222. The van der Waals surface area contributed by atoms with Crippen LogP contribution in [0.25, 0.3) is 0 Å². The summed E-state index contributed by atoms with van der Waals surface area (Å²) in [5, 5.41) is 7.33. The molecule has 20 heavy (non-hydrogen) atoms. The highest BCUT2D eigenvalue weighted by atomic mass is 19.1. The molecule has 1 fully saturated rings. The van der Waals surface area contributed by atoms with Gasteiger partial charge in [-0.25, -0.2) is 4.39 Å². The number of rotatable bonds is 4. The van der Waals surface area contributed by atoms with Crippen LogP contribution < -0.4 is 10.6 Å². The number of nitrogen functional groups attached to an aromatic ring is 1. The van der Waals surface area contributed by atoms with Crippen LogP contribution in [0.2, 0.25) is 0 Å². The molecule has 1 heterocycles. The zero-order chi connectivity index (χ0) is 14.7. The zero-order valence-corrected chi connectivity index (χ0v) is 12.2. The highest BCUT2D eigenvalue weighted by Gasteiger charge is 2.19. The second kappa shape index (κ2) is 6.22. The third-order valence-corrected chi connectivity index (χ3v) is 4.04. The molecule has 0 spiro atoms. The van der Waals surface area contributed by atoms with E-state index in [0.717, 1.165) is 32.5 Å². The highest BCUT2D eigenvalue weighted by Crippen LogP contribution is 2.23. The topological polar surface area (TPSA) is 56.4 Å². The summed E-state index contributed by atoms with van der Waals surface area (Å²) < 4.78 is 14.1. The van der Waals surface area contributed by atoms with Crippen LogP contribution in [0.4, 0.5) is 10.1 Å². The first-order valence-corrected chi connectivity index (χ1v) is 7.01. The van der Waals surface area contributed by atoms with Gasteiger partial charge in [0.1, 0.15) is 11.7 Å². The number of nitrogens with two attached hydrogens (primary N) is 1. The maximum absolute atomic E-state index is 14.1. The summed E-state index contributed by atoms with van der Waals surface area (Å²) in [6.45, 7) is 3.10. The van der Waals surface area contributed by atoms with E-state index in [1.165, 1.54) is 6.07 Å². The Balaban J connectivity index is 2.02. The summed E-state index contributed by atoms with van der Waals surface area (Å²) >= 11 is 0. The number of likely N-dealkylation sites (tertiary alicyclic amines) is 1. The molecule has 1 aliphatic heterocycles. The van der Waals surface area contributed by atoms with Crippen molar-refractivity contribution in [1.82, 2.24) is 4.90 Å². The van der Waals surface area contributed by atoms with Gasteiger partial charge in [0.15, 0.2) is 0 Å². The quantitative estimate of drug-likeness (QED) is 0.653. The van der Waals surface area contributed by atoms with Gasteiger partial charge in [-0.15, -0.1) is 0 Å². The summed E-state index contributed by atoms with van der Waals surface area (Å²) in [7, 11) is 4.06. The second-order valence-electron chi connectivity index (χ2n) is 5.71. The molecule has 5 heteroatoms. The van der Waals surface area contributed by atoms with Gasteiger partial charge in [-0.1, -0.05) is 0 Å². The number of hydrogen-bond acceptors (Lipinski definition) is 3. The first kappa shape index (κ1) is 14.8. The zero-order valence-electron chi connectivity index (χ0n) is 12.2. The molecular weight excluding hydrogens is 255 g/mol. The van der Waals surface area contributed by atoms with E-state index in [1.54, 1.807) is 12.1 Å². The second-order valence-corrected chi connectivity index (χ2v) is 5.71. The molecule has 0 atom stereocenters. The molecule has 2 rings (SSSR count). The molecule has 1 aromatic carbocycles. The van der Waals surface area contributed by atoms with E-state index in [1.807, 2.05) is 11.9 Å². The van der Waals surface area contributed by atoms with E-state index < -0.39 is 0 Å². The number of halogens is 1. The Bertz CT molecular complexity index is 481. The van der Waals surface area contributed by atoms with Crippen LogP contribution in [0.1, 0.15) is 18.4 Å². The van der Waals surface area contributed by atoms with Crippen molar-refractivity contribution in [2.75, 3.05) is 38.6 Å². The highest BCUT2D eigenvalue weighted by molar-refractivity contribution is 5.95. The summed E-state index contributed by atoms with van der Waals surface area (Å²) in [6, 6.07) is 4.75. The van der Waals surface area contributed by atoms with E-state index in [4.69, 9.17) is 11.1 Å². The lowest BCUT2D eigenvalue weighted by Gasteiger charge is -2.32. The summed E-state index contributed by atoms with van der Waals surface area (Å²) in [4.78, 5) is 4.30. The van der Waals surface area contributed by atoms with Crippen LogP contribution in [0.5, 0.6) is 0 Å². The van der Waals surface area contributed by atoms with Crippen molar-refractivity contribution in [2.45, 2.75) is 12.8 Å². The molecule has 1 aromatic rings. The van der Waals surface area contributed by atoms with Crippen LogP contribution >= 0.6 is 0 Å². The maximum atomic E-state index is 14.1. The molecule has 0 unspecified atom stereocenters. The number of piperidine rings is 1. The Labute approximate surface area is 119 Å². The van der Waals surface area contributed by atoms with Gasteiger partial charge in [-0.3, -0.25) is 5.41 Å². The molecule has 0 aromatic heterocycles. The molecule has 0 bridgehead atoms. The number of hydrogen-bond donors (Lipinski definition) is 2. The van der Waals surface area contributed by atoms with Crippen LogP contribution in [-0.4, -0.2) is 44.5 Å². The lowest BCUT2D eigenvalue weighted by Crippen LogP contribution is -2.36. The molecule has 0 saturated carbocycles. The van der Waals surface area contributed by atoms with Gasteiger partial charge in [0, 0.05) is 19.2 Å². The third kappa shape index (κ3) is 3.48. The van der Waals surface area contributed by atoms with E-state index in [0.29, 0.717) is 17.2 Å². The summed E-state index contributed by atoms with van der Waals surface area (Å²) in [5.74, 6) is 0.199. The van der Waals surface area contributed by atoms with Gasteiger partial charge in [0.05, 0.1) is 5.69 Å². The van der Waals surface area contributed by atoms with Crippen LogP contribution in [0.15, 0.2) is 18.2 Å². The maximum Gasteiger partial charge on any atom is 0.147 e. The number of anilines is 1. The smallest absolute Gasteiger partial charge is 0.147 e. The minimum atomic E-state index is -0.312. The molecule has 0 radical (unpaired) electrons. The molecule has 1 aliphatic rings. The number of nitrogens with one attached hydrogen (secondary N) is 1. The summed E-state index contributed by atoms with van der Waals surface area (Å²) in [6.07, 6.45) is 2.32. The van der Waals surface area contributed by atoms with Crippen molar-refractivity contribution in [3.8, 4) is 0 Å². The Morgan fingerprint density at radius 3 is 2.65 bits per heavy atom. The van der Waals surface area contributed by atoms with Gasteiger partial charge in [-0.2, -0.15) is 0 Å². The van der Waals surface area contributed by atoms with Crippen molar-refractivity contribution in [1.29, 1.82) is 5.41 Å². The largest absolute Gasteiger partial charge is 0.384 e. The predicted octanol–water partition coefficient (Wildman–Crippen LogP) is 1.89. The first-order valence-electron chi connectivity index (χ1n) is 7.01. The average Bonchev–Trinajstić information content (AvgIpc) is 2.41. The normalized spacial score (nSPS) is 17.1.